The molecule has 2 rings (SSSR count). The minimum atomic E-state index is -0.788. The minimum Gasteiger partial charge on any atom is -0.305 e. The first-order valence-electron chi connectivity index (χ1n) is 6.64. The molecule has 2 aromatic rings. The highest BCUT2D eigenvalue weighted by Gasteiger charge is 2.22. The maximum absolute atomic E-state index is 14.2. The van der Waals surface area contributed by atoms with Crippen LogP contribution in [0, 0.1) is 25.5 Å². The highest BCUT2D eigenvalue weighted by molar-refractivity contribution is 7.09. The Hall–Kier alpha value is -1.33. The van der Waals surface area contributed by atoms with E-state index in [2.05, 4.69) is 10.3 Å². The zero-order valence-corrected chi connectivity index (χ0v) is 12.7. The van der Waals surface area contributed by atoms with E-state index in [-0.39, 0.29) is 0 Å². The first-order valence-corrected chi connectivity index (χ1v) is 7.52. The van der Waals surface area contributed by atoms with Gasteiger partial charge in [0.15, 0.2) is 11.6 Å². The van der Waals surface area contributed by atoms with Gasteiger partial charge in [-0.1, -0.05) is 19.1 Å². The van der Waals surface area contributed by atoms with Gasteiger partial charge in [0.05, 0.1) is 16.7 Å². The number of rotatable bonds is 5. The lowest BCUT2D eigenvalue weighted by atomic mass is 10.0. The molecule has 0 fully saturated rings. The molecule has 0 aliphatic rings. The molecule has 0 amide bonds. The van der Waals surface area contributed by atoms with Gasteiger partial charge in [0.25, 0.3) is 0 Å². The van der Waals surface area contributed by atoms with E-state index in [0.29, 0.717) is 11.1 Å². The molecule has 20 heavy (non-hydrogen) atoms. The highest BCUT2D eigenvalue weighted by atomic mass is 32.1. The predicted octanol–water partition coefficient (Wildman–Crippen LogP) is 4.13. The summed E-state index contributed by atoms with van der Waals surface area (Å²) in [6, 6.07) is 2.83. The van der Waals surface area contributed by atoms with E-state index in [1.165, 1.54) is 11.3 Å². The molecule has 1 heterocycles. The van der Waals surface area contributed by atoms with Crippen molar-refractivity contribution in [3.05, 3.63) is 51.0 Å². The van der Waals surface area contributed by atoms with Crippen LogP contribution in [0.2, 0.25) is 0 Å². The summed E-state index contributed by atoms with van der Waals surface area (Å²) in [5.74, 6) is -1.57. The quantitative estimate of drug-likeness (QED) is 0.897. The van der Waals surface area contributed by atoms with Crippen LogP contribution in [-0.4, -0.2) is 11.5 Å². The molecule has 0 aliphatic heterocycles. The molecule has 0 aliphatic carbocycles. The maximum Gasteiger partial charge on any atom is 0.164 e. The van der Waals surface area contributed by atoms with Crippen molar-refractivity contribution in [3.8, 4) is 0 Å². The lowest BCUT2D eigenvalue weighted by Gasteiger charge is -2.18. The maximum atomic E-state index is 14.2. The van der Waals surface area contributed by atoms with E-state index in [9.17, 15) is 8.78 Å². The number of benzene rings is 1. The molecule has 5 heteroatoms. The number of halogens is 2. The summed E-state index contributed by atoms with van der Waals surface area (Å²) in [5, 5.41) is 6.04. The average Bonchev–Trinajstić information content (AvgIpc) is 2.85. The Morgan fingerprint density at radius 2 is 2.00 bits per heavy atom. The van der Waals surface area contributed by atoms with Crippen molar-refractivity contribution in [2.24, 2.45) is 0 Å². The lowest BCUT2D eigenvalue weighted by molar-refractivity contribution is 0.474. The van der Waals surface area contributed by atoms with Crippen molar-refractivity contribution in [1.82, 2.24) is 10.3 Å². The van der Waals surface area contributed by atoms with Gasteiger partial charge in [0, 0.05) is 10.9 Å². The Labute approximate surface area is 121 Å². The molecule has 1 aromatic carbocycles. The predicted molar refractivity (Wildman–Crippen MR) is 78.1 cm³/mol. The second-order valence-corrected chi connectivity index (χ2v) is 5.84. The fourth-order valence-corrected chi connectivity index (χ4v) is 2.70. The first-order chi connectivity index (χ1) is 9.54. The van der Waals surface area contributed by atoms with E-state index >= 15 is 0 Å². The van der Waals surface area contributed by atoms with E-state index < -0.39 is 17.7 Å². The second kappa shape index (κ2) is 6.41. The van der Waals surface area contributed by atoms with Crippen molar-refractivity contribution >= 4 is 11.3 Å². The fourth-order valence-electron chi connectivity index (χ4n) is 2.06. The monoisotopic (exact) mass is 296 g/mol. The third kappa shape index (κ3) is 3.04. The Balaban J connectivity index is 2.43. The van der Waals surface area contributed by atoms with Gasteiger partial charge in [-0.15, -0.1) is 11.3 Å². The van der Waals surface area contributed by atoms with Crippen LogP contribution >= 0.6 is 11.3 Å². The number of nitrogens with one attached hydrogen (secondary N) is 1. The van der Waals surface area contributed by atoms with Gasteiger partial charge in [0.1, 0.15) is 0 Å². The summed E-state index contributed by atoms with van der Waals surface area (Å²) in [7, 11) is 0. The number of hydrogen-bond donors (Lipinski definition) is 1. The van der Waals surface area contributed by atoms with Gasteiger partial charge in [-0.2, -0.15) is 0 Å². The molecule has 1 atom stereocenters. The molecular formula is C15H18F2N2S. The highest BCUT2D eigenvalue weighted by Crippen LogP contribution is 2.28. The molecule has 2 nitrogen and oxygen atoms in total. The molecule has 0 bridgehead atoms. The van der Waals surface area contributed by atoms with Crippen LogP contribution in [0.5, 0.6) is 0 Å². The normalized spacial score (nSPS) is 12.7. The zero-order chi connectivity index (χ0) is 14.7. The largest absolute Gasteiger partial charge is 0.305 e. The van der Waals surface area contributed by atoms with E-state index in [1.54, 1.807) is 19.1 Å². The molecule has 0 saturated heterocycles. The Morgan fingerprint density at radius 3 is 2.60 bits per heavy atom. The topological polar surface area (TPSA) is 24.9 Å². The molecule has 0 spiro atoms. The third-order valence-corrected chi connectivity index (χ3v) is 3.94. The van der Waals surface area contributed by atoms with Gasteiger partial charge in [-0.3, -0.25) is 0 Å². The minimum absolute atomic E-state index is 0.312. The number of nitrogens with zero attached hydrogens (tertiary/aromatic N) is 1. The van der Waals surface area contributed by atoms with Crippen molar-refractivity contribution < 1.29 is 8.78 Å². The number of hydrogen-bond acceptors (Lipinski definition) is 3. The van der Waals surface area contributed by atoms with Crippen LogP contribution in [-0.2, 0) is 0 Å². The summed E-state index contributed by atoms with van der Waals surface area (Å²) in [6.07, 6.45) is 0.912. The molecular weight excluding hydrogens is 278 g/mol. The third-order valence-electron chi connectivity index (χ3n) is 3.15. The van der Waals surface area contributed by atoms with Gasteiger partial charge < -0.3 is 5.32 Å². The van der Waals surface area contributed by atoms with Crippen LogP contribution in [0.1, 0.15) is 41.2 Å². The van der Waals surface area contributed by atoms with E-state index in [0.717, 1.165) is 23.7 Å². The summed E-state index contributed by atoms with van der Waals surface area (Å²) in [6.45, 7) is 6.21. The Morgan fingerprint density at radius 1 is 1.25 bits per heavy atom. The fraction of sp³-hybridized carbons (Fsp3) is 0.400. The van der Waals surface area contributed by atoms with Crippen LogP contribution in [0.4, 0.5) is 8.78 Å². The van der Waals surface area contributed by atoms with Gasteiger partial charge in [-0.05, 0) is 32.4 Å². The van der Waals surface area contributed by atoms with E-state index in [1.807, 2.05) is 19.2 Å². The Bertz CT molecular complexity index is 596. The number of thiazole rings is 1. The second-order valence-electron chi connectivity index (χ2n) is 4.78. The molecule has 1 aromatic heterocycles. The van der Waals surface area contributed by atoms with Crippen molar-refractivity contribution in [1.29, 1.82) is 0 Å². The smallest absolute Gasteiger partial charge is 0.164 e. The summed E-state index contributed by atoms with van der Waals surface area (Å²) >= 11 is 1.51. The Kier molecular flexibility index (Phi) is 4.83. The molecule has 108 valence electrons. The van der Waals surface area contributed by atoms with Crippen LogP contribution in [0.25, 0.3) is 0 Å². The van der Waals surface area contributed by atoms with Gasteiger partial charge in [-0.25, -0.2) is 13.8 Å². The first kappa shape index (κ1) is 15.1. The summed E-state index contributed by atoms with van der Waals surface area (Å²) in [5.41, 5.74) is 1.37. The van der Waals surface area contributed by atoms with Crippen LogP contribution in [0.3, 0.4) is 0 Å². The molecule has 1 unspecified atom stereocenters. The summed E-state index contributed by atoms with van der Waals surface area (Å²) < 4.78 is 28.0. The van der Waals surface area contributed by atoms with Gasteiger partial charge >= 0.3 is 0 Å². The molecule has 1 N–H and O–H groups in total. The average molecular weight is 296 g/mol. The summed E-state index contributed by atoms with van der Waals surface area (Å²) in [4.78, 5) is 4.40. The molecule has 0 saturated carbocycles. The zero-order valence-electron chi connectivity index (χ0n) is 11.8. The van der Waals surface area contributed by atoms with E-state index in [4.69, 9.17) is 0 Å². The SMILES string of the molecule is CCCNC(c1csc(C)n1)c1ccc(C)c(F)c1F. The number of aryl methyl sites for hydroxylation is 2. The van der Waals surface area contributed by atoms with Crippen LogP contribution < -0.4 is 5.32 Å². The number of aromatic nitrogens is 1. The lowest BCUT2D eigenvalue weighted by Crippen LogP contribution is -2.25. The van der Waals surface area contributed by atoms with Crippen molar-refractivity contribution in [2.45, 2.75) is 33.2 Å². The standard InChI is InChI=1S/C15H18F2N2S/c1-4-7-18-15(12-8-20-10(3)19-12)11-6-5-9(2)13(16)14(11)17/h5-6,8,15,18H,4,7H2,1-3H3. The van der Waals surface area contributed by atoms with Crippen LogP contribution in [0.15, 0.2) is 17.5 Å². The van der Waals surface area contributed by atoms with Crippen molar-refractivity contribution in [2.75, 3.05) is 6.54 Å². The molecule has 0 radical (unpaired) electrons. The van der Waals surface area contributed by atoms with Gasteiger partial charge in [0.2, 0.25) is 0 Å². The van der Waals surface area contributed by atoms with Crippen molar-refractivity contribution in [3.63, 3.8) is 0 Å².